The molecular formula is C17H16N2OS. The number of carbonyl (C=O) groups is 1. The van der Waals surface area contributed by atoms with Gasteiger partial charge in [-0.3, -0.25) is 4.79 Å². The second-order valence-corrected chi connectivity index (χ2v) is 6.42. The van der Waals surface area contributed by atoms with Crippen LogP contribution in [0.25, 0.3) is 10.9 Å². The zero-order chi connectivity index (χ0) is 14.2. The number of H-pyrrole nitrogens is 1. The van der Waals surface area contributed by atoms with E-state index in [0.717, 1.165) is 30.3 Å². The summed E-state index contributed by atoms with van der Waals surface area (Å²) in [6, 6.07) is 14.4. The van der Waals surface area contributed by atoms with E-state index in [0.29, 0.717) is 5.69 Å². The third kappa shape index (κ3) is 2.16. The molecule has 3 nitrogen and oxygen atoms in total. The largest absolute Gasteiger partial charge is 0.351 e. The zero-order valence-electron chi connectivity index (χ0n) is 11.6. The van der Waals surface area contributed by atoms with Crippen LogP contribution in [0.15, 0.2) is 47.8 Å². The van der Waals surface area contributed by atoms with E-state index in [1.807, 2.05) is 35.2 Å². The van der Waals surface area contributed by atoms with Crippen molar-refractivity contribution in [1.29, 1.82) is 0 Å². The third-order valence-corrected chi connectivity index (χ3v) is 5.12. The molecule has 1 amide bonds. The van der Waals surface area contributed by atoms with Gasteiger partial charge in [0.05, 0.1) is 6.04 Å². The molecule has 1 N–H and O–H groups in total. The van der Waals surface area contributed by atoms with Crippen molar-refractivity contribution in [2.75, 3.05) is 6.54 Å². The van der Waals surface area contributed by atoms with Crippen molar-refractivity contribution in [3.8, 4) is 0 Å². The van der Waals surface area contributed by atoms with Gasteiger partial charge in [-0.15, -0.1) is 11.3 Å². The molecule has 1 aliphatic rings. The monoisotopic (exact) mass is 296 g/mol. The second kappa shape index (κ2) is 5.04. The number of carbonyl (C=O) groups excluding carboxylic acids is 1. The molecule has 106 valence electrons. The molecule has 1 atom stereocenters. The number of nitrogens with one attached hydrogen (secondary N) is 1. The Labute approximate surface area is 127 Å². The lowest BCUT2D eigenvalue weighted by atomic mass is 10.2. The Morgan fingerprint density at radius 2 is 2.14 bits per heavy atom. The topological polar surface area (TPSA) is 36.1 Å². The summed E-state index contributed by atoms with van der Waals surface area (Å²) >= 11 is 1.74. The maximum atomic E-state index is 12.8. The number of rotatable bonds is 2. The molecule has 1 aromatic carbocycles. The van der Waals surface area contributed by atoms with Gasteiger partial charge in [0.15, 0.2) is 0 Å². The average molecular weight is 296 g/mol. The molecule has 1 saturated heterocycles. The van der Waals surface area contributed by atoms with Crippen molar-refractivity contribution in [2.45, 2.75) is 18.9 Å². The molecule has 0 saturated carbocycles. The predicted octanol–water partition coefficient (Wildman–Crippen LogP) is 4.21. The van der Waals surface area contributed by atoms with Gasteiger partial charge in [0.1, 0.15) is 5.69 Å². The predicted molar refractivity (Wildman–Crippen MR) is 85.6 cm³/mol. The van der Waals surface area contributed by atoms with Crippen LogP contribution >= 0.6 is 11.3 Å². The van der Waals surface area contributed by atoms with Crippen LogP contribution in [0.3, 0.4) is 0 Å². The standard InChI is InChI=1S/C17H16N2OS/c20-17(14-11-12-5-1-2-6-13(12)18-14)19-9-3-7-15(19)16-8-4-10-21-16/h1-2,4-6,8,10-11,15,18H,3,7,9H2/t15-/m1/s1. The lowest BCUT2D eigenvalue weighted by Gasteiger charge is -2.23. The molecule has 3 aromatic rings. The van der Waals surface area contributed by atoms with Gasteiger partial charge in [-0.05, 0) is 36.4 Å². The van der Waals surface area contributed by atoms with Crippen molar-refractivity contribution >= 4 is 28.1 Å². The summed E-state index contributed by atoms with van der Waals surface area (Å²) < 4.78 is 0. The Balaban J connectivity index is 1.67. The maximum absolute atomic E-state index is 12.8. The quantitative estimate of drug-likeness (QED) is 0.755. The van der Waals surface area contributed by atoms with Gasteiger partial charge in [-0.2, -0.15) is 0 Å². The number of fused-ring (bicyclic) bond motifs is 1. The number of aromatic nitrogens is 1. The van der Waals surface area contributed by atoms with Crippen LogP contribution in [0.2, 0.25) is 0 Å². The molecule has 0 radical (unpaired) electrons. The van der Waals surface area contributed by atoms with Crippen LogP contribution in [-0.4, -0.2) is 22.3 Å². The van der Waals surface area contributed by atoms with Gasteiger partial charge in [0, 0.05) is 22.3 Å². The molecule has 3 heterocycles. The van der Waals surface area contributed by atoms with E-state index in [4.69, 9.17) is 0 Å². The van der Waals surface area contributed by atoms with Crippen molar-refractivity contribution in [1.82, 2.24) is 9.88 Å². The molecule has 0 bridgehead atoms. The molecule has 1 fully saturated rings. The summed E-state index contributed by atoms with van der Waals surface area (Å²) in [6.07, 6.45) is 2.14. The Kier molecular flexibility index (Phi) is 3.04. The Bertz CT molecular complexity index is 742. The van der Waals surface area contributed by atoms with Gasteiger partial charge < -0.3 is 9.88 Å². The van der Waals surface area contributed by atoms with E-state index in [1.165, 1.54) is 4.88 Å². The number of thiophene rings is 1. The fraction of sp³-hybridized carbons (Fsp3) is 0.235. The SMILES string of the molecule is O=C(c1cc2ccccc2[nH]1)N1CCC[C@@H]1c1cccs1. The van der Waals surface area contributed by atoms with Crippen LogP contribution in [-0.2, 0) is 0 Å². The van der Waals surface area contributed by atoms with E-state index in [-0.39, 0.29) is 11.9 Å². The molecule has 0 spiro atoms. The fourth-order valence-electron chi connectivity index (χ4n) is 3.13. The summed E-state index contributed by atoms with van der Waals surface area (Å²) in [5, 5.41) is 3.17. The first kappa shape index (κ1) is 12.7. The van der Waals surface area contributed by atoms with E-state index in [2.05, 4.69) is 22.5 Å². The van der Waals surface area contributed by atoms with Crippen molar-refractivity contribution in [3.05, 3.63) is 58.4 Å². The van der Waals surface area contributed by atoms with Crippen LogP contribution in [0.4, 0.5) is 0 Å². The van der Waals surface area contributed by atoms with Gasteiger partial charge in [0.2, 0.25) is 0 Å². The summed E-state index contributed by atoms with van der Waals surface area (Å²) in [4.78, 5) is 19.4. The number of hydrogen-bond donors (Lipinski definition) is 1. The van der Waals surface area contributed by atoms with Crippen LogP contribution in [0.1, 0.15) is 34.2 Å². The summed E-state index contributed by atoms with van der Waals surface area (Å²) in [5.41, 5.74) is 1.72. The molecule has 0 unspecified atom stereocenters. The van der Waals surface area contributed by atoms with Gasteiger partial charge >= 0.3 is 0 Å². The third-order valence-electron chi connectivity index (χ3n) is 4.15. The van der Waals surface area contributed by atoms with Crippen molar-refractivity contribution in [2.24, 2.45) is 0 Å². The highest BCUT2D eigenvalue weighted by molar-refractivity contribution is 7.10. The van der Waals surface area contributed by atoms with Gasteiger partial charge in [-0.1, -0.05) is 24.3 Å². The smallest absolute Gasteiger partial charge is 0.270 e. The van der Waals surface area contributed by atoms with Gasteiger partial charge in [0.25, 0.3) is 5.91 Å². The van der Waals surface area contributed by atoms with E-state index < -0.39 is 0 Å². The number of para-hydroxylation sites is 1. The first-order chi connectivity index (χ1) is 10.3. The molecular weight excluding hydrogens is 280 g/mol. The summed E-state index contributed by atoms with van der Waals surface area (Å²) in [5.74, 6) is 0.113. The Morgan fingerprint density at radius 3 is 2.95 bits per heavy atom. The van der Waals surface area contributed by atoms with E-state index in [1.54, 1.807) is 11.3 Å². The molecule has 4 rings (SSSR count). The number of amides is 1. The van der Waals surface area contributed by atoms with E-state index in [9.17, 15) is 4.79 Å². The lowest BCUT2D eigenvalue weighted by Crippen LogP contribution is -2.30. The summed E-state index contributed by atoms with van der Waals surface area (Å²) in [6.45, 7) is 0.844. The number of likely N-dealkylation sites (tertiary alicyclic amines) is 1. The highest BCUT2D eigenvalue weighted by Gasteiger charge is 2.31. The van der Waals surface area contributed by atoms with E-state index >= 15 is 0 Å². The van der Waals surface area contributed by atoms with Crippen LogP contribution in [0.5, 0.6) is 0 Å². The second-order valence-electron chi connectivity index (χ2n) is 5.44. The van der Waals surface area contributed by atoms with Crippen molar-refractivity contribution < 1.29 is 4.79 Å². The molecule has 21 heavy (non-hydrogen) atoms. The summed E-state index contributed by atoms with van der Waals surface area (Å²) in [7, 11) is 0. The Hall–Kier alpha value is -2.07. The van der Waals surface area contributed by atoms with Crippen molar-refractivity contribution in [3.63, 3.8) is 0 Å². The minimum absolute atomic E-state index is 0.113. The molecule has 4 heteroatoms. The molecule has 0 aliphatic carbocycles. The highest BCUT2D eigenvalue weighted by atomic mass is 32.1. The zero-order valence-corrected chi connectivity index (χ0v) is 12.4. The molecule has 2 aromatic heterocycles. The number of aromatic amines is 1. The number of benzene rings is 1. The fourth-order valence-corrected chi connectivity index (χ4v) is 4.00. The highest BCUT2D eigenvalue weighted by Crippen LogP contribution is 2.35. The first-order valence-electron chi connectivity index (χ1n) is 7.25. The maximum Gasteiger partial charge on any atom is 0.270 e. The minimum atomic E-state index is 0.113. The number of hydrogen-bond acceptors (Lipinski definition) is 2. The number of nitrogens with zero attached hydrogens (tertiary/aromatic N) is 1. The average Bonchev–Trinajstić information content (AvgIpc) is 3.23. The molecule has 1 aliphatic heterocycles. The first-order valence-corrected chi connectivity index (χ1v) is 8.13. The van der Waals surface area contributed by atoms with Crippen LogP contribution < -0.4 is 0 Å². The van der Waals surface area contributed by atoms with Crippen LogP contribution in [0, 0.1) is 0 Å². The van der Waals surface area contributed by atoms with Gasteiger partial charge in [-0.25, -0.2) is 0 Å². The lowest BCUT2D eigenvalue weighted by molar-refractivity contribution is 0.0733. The Morgan fingerprint density at radius 1 is 1.24 bits per heavy atom. The minimum Gasteiger partial charge on any atom is -0.351 e. The normalized spacial score (nSPS) is 18.5.